The van der Waals surface area contributed by atoms with Crippen molar-refractivity contribution in [2.75, 3.05) is 26.2 Å². The maximum absolute atomic E-state index is 13.0. The van der Waals surface area contributed by atoms with E-state index in [1.165, 1.54) is 23.3 Å². The Morgan fingerprint density at radius 1 is 1.12 bits per heavy atom. The number of allylic oxidation sites excluding steroid dienone is 1. The van der Waals surface area contributed by atoms with Gasteiger partial charge < -0.3 is 4.90 Å². The van der Waals surface area contributed by atoms with Crippen molar-refractivity contribution < 1.29 is 9.18 Å². The predicted octanol–water partition coefficient (Wildman–Crippen LogP) is 4.04. The summed E-state index contributed by atoms with van der Waals surface area (Å²) in [6.45, 7) is 7.86. The van der Waals surface area contributed by atoms with Crippen molar-refractivity contribution in [2.45, 2.75) is 52.0 Å². The first-order valence-electron chi connectivity index (χ1n) is 9.93. The molecule has 0 aliphatic carbocycles. The summed E-state index contributed by atoms with van der Waals surface area (Å²) in [7, 11) is 0. The molecule has 2 aliphatic heterocycles. The van der Waals surface area contributed by atoms with E-state index in [4.69, 9.17) is 0 Å². The second-order valence-corrected chi connectivity index (χ2v) is 8.03. The van der Waals surface area contributed by atoms with Gasteiger partial charge in [0, 0.05) is 19.6 Å². The van der Waals surface area contributed by atoms with Crippen molar-refractivity contribution in [1.82, 2.24) is 9.80 Å². The van der Waals surface area contributed by atoms with E-state index in [2.05, 4.69) is 29.7 Å². The lowest BCUT2D eigenvalue weighted by Gasteiger charge is -2.35. The lowest BCUT2D eigenvalue weighted by molar-refractivity contribution is -0.137. The zero-order valence-electron chi connectivity index (χ0n) is 16.1. The SMILES string of the molecule is CC(C)=CCN1CCC[C@H]1C(=O)N1CCC(Cc2ccc(F)cc2)CC1. The fraction of sp³-hybridized carbons (Fsp3) is 0.591. The van der Waals surface area contributed by atoms with Crippen molar-refractivity contribution in [3.8, 4) is 0 Å². The highest BCUT2D eigenvalue weighted by atomic mass is 19.1. The molecule has 3 rings (SSSR count). The first-order chi connectivity index (χ1) is 12.5. The van der Waals surface area contributed by atoms with Crippen molar-refractivity contribution in [3.63, 3.8) is 0 Å². The lowest BCUT2D eigenvalue weighted by Crippen LogP contribution is -2.48. The molecule has 0 spiro atoms. The molecular weight excluding hydrogens is 327 g/mol. The number of hydrogen-bond acceptors (Lipinski definition) is 2. The monoisotopic (exact) mass is 358 g/mol. The third-order valence-electron chi connectivity index (χ3n) is 5.75. The molecule has 0 radical (unpaired) electrons. The number of amides is 1. The molecule has 1 aromatic carbocycles. The minimum absolute atomic E-state index is 0.0687. The average molecular weight is 359 g/mol. The highest BCUT2D eigenvalue weighted by molar-refractivity contribution is 5.82. The molecule has 2 aliphatic rings. The summed E-state index contributed by atoms with van der Waals surface area (Å²) >= 11 is 0. The van der Waals surface area contributed by atoms with Gasteiger partial charge >= 0.3 is 0 Å². The lowest BCUT2D eigenvalue weighted by atomic mass is 9.90. The third kappa shape index (κ3) is 4.94. The van der Waals surface area contributed by atoms with Gasteiger partial charge in [0.1, 0.15) is 5.82 Å². The van der Waals surface area contributed by atoms with Gasteiger partial charge in [0.15, 0.2) is 0 Å². The maximum atomic E-state index is 13.0. The van der Waals surface area contributed by atoms with Gasteiger partial charge in [0.25, 0.3) is 0 Å². The summed E-state index contributed by atoms with van der Waals surface area (Å²) in [6.07, 6.45) is 7.41. The molecule has 1 amide bonds. The van der Waals surface area contributed by atoms with Gasteiger partial charge in [-0.2, -0.15) is 0 Å². The number of hydrogen-bond donors (Lipinski definition) is 0. The van der Waals surface area contributed by atoms with Crippen LogP contribution in [0.4, 0.5) is 4.39 Å². The summed E-state index contributed by atoms with van der Waals surface area (Å²) in [5.41, 5.74) is 2.50. The topological polar surface area (TPSA) is 23.6 Å². The van der Waals surface area contributed by atoms with Crippen LogP contribution >= 0.6 is 0 Å². The van der Waals surface area contributed by atoms with Crippen LogP contribution in [0.15, 0.2) is 35.9 Å². The van der Waals surface area contributed by atoms with Crippen LogP contribution in [0.1, 0.15) is 45.1 Å². The van der Waals surface area contributed by atoms with E-state index < -0.39 is 0 Å². The van der Waals surface area contributed by atoms with E-state index in [1.807, 2.05) is 12.1 Å². The number of benzene rings is 1. The zero-order valence-corrected chi connectivity index (χ0v) is 16.1. The van der Waals surface area contributed by atoms with E-state index in [-0.39, 0.29) is 11.9 Å². The molecule has 1 atom stereocenters. The molecule has 3 nitrogen and oxygen atoms in total. The van der Waals surface area contributed by atoms with Crippen molar-refractivity contribution in [1.29, 1.82) is 0 Å². The largest absolute Gasteiger partial charge is 0.341 e. The number of carbonyl (C=O) groups is 1. The standard InChI is InChI=1S/C22H31FN2O/c1-17(2)9-13-24-12-3-4-21(24)22(26)25-14-10-19(11-15-25)16-18-5-7-20(23)8-6-18/h5-9,19,21H,3-4,10-16H2,1-2H3/t21-/m0/s1. The molecule has 0 N–H and O–H groups in total. The van der Waals surface area contributed by atoms with Gasteiger partial charge in [-0.3, -0.25) is 9.69 Å². The summed E-state index contributed by atoms with van der Waals surface area (Å²) < 4.78 is 13.0. The number of nitrogens with zero attached hydrogens (tertiary/aromatic N) is 2. The normalized spacial score (nSPS) is 21.8. The van der Waals surface area contributed by atoms with Crippen LogP contribution in [-0.4, -0.2) is 47.9 Å². The zero-order chi connectivity index (χ0) is 18.5. The van der Waals surface area contributed by atoms with Gasteiger partial charge in [-0.1, -0.05) is 23.8 Å². The number of carbonyl (C=O) groups excluding carboxylic acids is 1. The summed E-state index contributed by atoms with van der Waals surface area (Å²) in [5.74, 6) is 0.739. The fourth-order valence-corrected chi connectivity index (χ4v) is 4.15. The van der Waals surface area contributed by atoms with Crippen LogP contribution in [0.5, 0.6) is 0 Å². The number of piperidine rings is 1. The molecule has 1 aromatic rings. The average Bonchev–Trinajstić information content (AvgIpc) is 3.10. The Kier molecular flexibility index (Phi) is 6.47. The molecule has 2 saturated heterocycles. The summed E-state index contributed by atoms with van der Waals surface area (Å²) in [5, 5.41) is 0. The first kappa shape index (κ1) is 19.1. The van der Waals surface area contributed by atoms with E-state index in [1.54, 1.807) is 0 Å². The number of likely N-dealkylation sites (tertiary alicyclic amines) is 2. The van der Waals surface area contributed by atoms with Gasteiger partial charge in [0.2, 0.25) is 5.91 Å². The Balaban J connectivity index is 1.50. The molecular formula is C22H31FN2O. The van der Waals surface area contributed by atoms with Crippen LogP contribution in [0.3, 0.4) is 0 Å². The Morgan fingerprint density at radius 2 is 1.81 bits per heavy atom. The first-order valence-corrected chi connectivity index (χ1v) is 9.93. The Labute approximate surface area is 156 Å². The minimum Gasteiger partial charge on any atom is -0.341 e. The van der Waals surface area contributed by atoms with Crippen LogP contribution in [0, 0.1) is 11.7 Å². The summed E-state index contributed by atoms with van der Waals surface area (Å²) in [6, 6.07) is 6.91. The Hall–Kier alpha value is -1.68. The summed E-state index contributed by atoms with van der Waals surface area (Å²) in [4.78, 5) is 17.4. The van der Waals surface area contributed by atoms with Crippen LogP contribution in [0.25, 0.3) is 0 Å². The van der Waals surface area contributed by atoms with Gasteiger partial charge in [-0.15, -0.1) is 0 Å². The fourth-order valence-electron chi connectivity index (χ4n) is 4.15. The molecule has 0 saturated carbocycles. The number of rotatable bonds is 5. The van der Waals surface area contributed by atoms with Crippen molar-refractivity contribution in [3.05, 3.63) is 47.3 Å². The molecule has 0 aromatic heterocycles. The van der Waals surface area contributed by atoms with Crippen LogP contribution in [-0.2, 0) is 11.2 Å². The Bertz CT molecular complexity index is 628. The molecule has 26 heavy (non-hydrogen) atoms. The number of halogens is 1. The maximum Gasteiger partial charge on any atom is 0.239 e. The van der Waals surface area contributed by atoms with Gasteiger partial charge in [-0.25, -0.2) is 4.39 Å². The molecule has 0 unspecified atom stereocenters. The van der Waals surface area contributed by atoms with E-state index in [0.717, 1.165) is 58.3 Å². The van der Waals surface area contributed by atoms with Crippen molar-refractivity contribution >= 4 is 5.91 Å². The molecule has 142 valence electrons. The van der Waals surface area contributed by atoms with E-state index >= 15 is 0 Å². The van der Waals surface area contributed by atoms with Crippen LogP contribution < -0.4 is 0 Å². The smallest absolute Gasteiger partial charge is 0.239 e. The van der Waals surface area contributed by atoms with Gasteiger partial charge in [0.05, 0.1) is 6.04 Å². The molecule has 2 heterocycles. The molecule has 2 fully saturated rings. The quantitative estimate of drug-likeness (QED) is 0.742. The Morgan fingerprint density at radius 3 is 2.46 bits per heavy atom. The second-order valence-electron chi connectivity index (χ2n) is 8.03. The minimum atomic E-state index is -0.177. The highest BCUT2D eigenvalue weighted by Crippen LogP contribution is 2.25. The highest BCUT2D eigenvalue weighted by Gasteiger charge is 2.34. The van der Waals surface area contributed by atoms with E-state index in [9.17, 15) is 9.18 Å². The molecule has 0 bridgehead atoms. The predicted molar refractivity (Wildman–Crippen MR) is 103 cm³/mol. The molecule has 4 heteroatoms. The third-order valence-corrected chi connectivity index (χ3v) is 5.75. The van der Waals surface area contributed by atoms with Gasteiger partial charge in [-0.05, 0) is 76.1 Å². The van der Waals surface area contributed by atoms with E-state index in [0.29, 0.717) is 11.8 Å². The van der Waals surface area contributed by atoms with Crippen molar-refractivity contribution in [2.24, 2.45) is 5.92 Å². The van der Waals surface area contributed by atoms with Crippen LogP contribution in [0.2, 0.25) is 0 Å². The second kappa shape index (κ2) is 8.81.